The van der Waals surface area contributed by atoms with Gasteiger partial charge in [0.1, 0.15) is 6.07 Å². The molecule has 5 rings (SSSR count). The molecule has 6 heteroatoms. The van der Waals surface area contributed by atoms with E-state index in [1.54, 1.807) is 6.20 Å². The van der Waals surface area contributed by atoms with Crippen molar-refractivity contribution in [1.29, 1.82) is 5.26 Å². The molecule has 1 atom stereocenters. The Morgan fingerprint density at radius 2 is 2.11 bits per heavy atom. The maximum absolute atomic E-state index is 9.41. The van der Waals surface area contributed by atoms with Gasteiger partial charge in [-0.1, -0.05) is 12.1 Å². The highest BCUT2D eigenvalue weighted by Crippen LogP contribution is 2.35. The Morgan fingerprint density at radius 1 is 1.21 bits per heavy atom. The summed E-state index contributed by atoms with van der Waals surface area (Å²) in [5.74, 6) is 0. The lowest BCUT2D eigenvalue weighted by molar-refractivity contribution is 0.282. The quantitative estimate of drug-likeness (QED) is 0.585. The Bertz CT molecular complexity index is 1250. The molecule has 0 bridgehead atoms. The monoisotopic (exact) mass is 369 g/mol. The molecule has 0 fully saturated rings. The van der Waals surface area contributed by atoms with Crippen LogP contribution in [0.1, 0.15) is 29.8 Å². The van der Waals surface area contributed by atoms with Crippen molar-refractivity contribution in [3.05, 3.63) is 65.5 Å². The molecule has 4 aromatic rings. The summed E-state index contributed by atoms with van der Waals surface area (Å²) in [5, 5.41) is 25.7. The number of nitrogens with zero attached hydrogens (tertiary/aromatic N) is 5. The van der Waals surface area contributed by atoms with E-state index in [4.69, 9.17) is 5.10 Å². The fourth-order valence-corrected chi connectivity index (χ4v) is 4.17. The molecule has 0 aliphatic carbocycles. The molecule has 28 heavy (non-hydrogen) atoms. The summed E-state index contributed by atoms with van der Waals surface area (Å²) in [6, 6.07) is 16.2. The second-order valence-electron chi connectivity index (χ2n) is 7.27. The molecule has 1 aliphatic rings. The second kappa shape index (κ2) is 6.32. The molecule has 138 valence electrons. The van der Waals surface area contributed by atoms with Gasteiger partial charge in [-0.25, -0.2) is 0 Å². The van der Waals surface area contributed by atoms with Gasteiger partial charge in [0.2, 0.25) is 0 Å². The minimum atomic E-state index is 0.0179. The van der Waals surface area contributed by atoms with Crippen LogP contribution in [0, 0.1) is 11.3 Å². The first-order valence-electron chi connectivity index (χ1n) is 9.33. The van der Waals surface area contributed by atoms with Crippen LogP contribution in [0.5, 0.6) is 0 Å². The number of aliphatic hydroxyl groups is 1. The fourth-order valence-electron chi connectivity index (χ4n) is 4.17. The molecule has 1 aliphatic heterocycles. The second-order valence-corrected chi connectivity index (χ2v) is 7.27. The largest absolute Gasteiger partial charge is 0.392 e. The van der Waals surface area contributed by atoms with E-state index < -0.39 is 0 Å². The van der Waals surface area contributed by atoms with Crippen molar-refractivity contribution in [2.45, 2.75) is 26.1 Å². The van der Waals surface area contributed by atoms with Crippen molar-refractivity contribution < 1.29 is 5.11 Å². The van der Waals surface area contributed by atoms with Crippen molar-refractivity contribution in [2.75, 3.05) is 11.4 Å². The minimum absolute atomic E-state index is 0.0179. The van der Waals surface area contributed by atoms with Gasteiger partial charge in [0.15, 0.2) is 0 Å². The van der Waals surface area contributed by atoms with Crippen LogP contribution in [-0.4, -0.2) is 26.4 Å². The number of pyridine rings is 1. The van der Waals surface area contributed by atoms with E-state index in [1.165, 1.54) is 5.69 Å². The van der Waals surface area contributed by atoms with Gasteiger partial charge in [-0.15, -0.1) is 0 Å². The topological polar surface area (TPSA) is 78.0 Å². The maximum atomic E-state index is 9.41. The number of hydrogen-bond donors (Lipinski definition) is 1. The number of fused-ring (bicyclic) bond motifs is 4. The number of hydrogen-bond acceptors (Lipinski definition) is 5. The van der Waals surface area contributed by atoms with Gasteiger partial charge in [0, 0.05) is 29.2 Å². The Labute approximate surface area is 162 Å². The lowest BCUT2D eigenvalue weighted by atomic mass is 10.0. The van der Waals surface area contributed by atoms with E-state index in [1.807, 2.05) is 42.5 Å². The van der Waals surface area contributed by atoms with E-state index in [-0.39, 0.29) is 12.6 Å². The number of aromatic nitrogens is 3. The first kappa shape index (κ1) is 16.7. The van der Waals surface area contributed by atoms with Crippen molar-refractivity contribution in [1.82, 2.24) is 14.8 Å². The van der Waals surface area contributed by atoms with E-state index in [2.05, 4.69) is 27.6 Å². The highest BCUT2D eigenvalue weighted by atomic mass is 16.3. The number of rotatable bonds is 2. The Balaban J connectivity index is 1.64. The Kier molecular flexibility index (Phi) is 3.78. The summed E-state index contributed by atoms with van der Waals surface area (Å²) in [5.41, 5.74) is 5.38. The normalized spacial score (nSPS) is 16.3. The number of benzene rings is 2. The van der Waals surface area contributed by atoms with Crippen LogP contribution in [0.3, 0.4) is 0 Å². The lowest BCUT2D eigenvalue weighted by Crippen LogP contribution is -2.36. The average Bonchev–Trinajstić information content (AvgIpc) is 3.11. The molecule has 0 unspecified atom stereocenters. The molecule has 2 aromatic heterocycles. The molecule has 3 heterocycles. The zero-order chi connectivity index (χ0) is 19.3. The smallest absolute Gasteiger partial charge is 0.101 e. The van der Waals surface area contributed by atoms with Gasteiger partial charge in [0.25, 0.3) is 0 Å². The van der Waals surface area contributed by atoms with Gasteiger partial charge in [0.05, 0.1) is 41.5 Å². The highest BCUT2D eigenvalue weighted by molar-refractivity contribution is 5.95. The average molecular weight is 369 g/mol. The molecular weight excluding hydrogens is 350 g/mol. The summed E-state index contributed by atoms with van der Waals surface area (Å²) < 4.78 is 2.10. The lowest BCUT2D eigenvalue weighted by Gasteiger charge is -2.34. The predicted molar refractivity (Wildman–Crippen MR) is 108 cm³/mol. The summed E-state index contributed by atoms with van der Waals surface area (Å²) in [7, 11) is 0. The van der Waals surface area contributed by atoms with E-state index in [9.17, 15) is 10.4 Å². The zero-order valence-electron chi connectivity index (χ0n) is 15.5. The first-order chi connectivity index (χ1) is 13.7. The maximum Gasteiger partial charge on any atom is 0.101 e. The molecule has 0 amide bonds. The molecule has 1 N–H and O–H groups in total. The summed E-state index contributed by atoms with van der Waals surface area (Å²) in [6.07, 6.45) is 1.73. The van der Waals surface area contributed by atoms with Gasteiger partial charge < -0.3 is 10.0 Å². The molecule has 0 saturated carbocycles. The van der Waals surface area contributed by atoms with Crippen molar-refractivity contribution >= 4 is 27.5 Å². The SMILES string of the molecule is C[C@@H]1CN(c2ccc(C#N)c3ncccc23)Cc2c3ccc(CO)cc3nn21. The Morgan fingerprint density at radius 3 is 2.93 bits per heavy atom. The predicted octanol–water partition coefficient (Wildman–Crippen LogP) is 3.53. The molecule has 0 saturated heterocycles. The summed E-state index contributed by atoms with van der Waals surface area (Å²) >= 11 is 0. The van der Waals surface area contributed by atoms with Crippen LogP contribution in [0.4, 0.5) is 5.69 Å². The van der Waals surface area contributed by atoms with Gasteiger partial charge in [-0.05, 0) is 42.8 Å². The molecule has 2 aromatic carbocycles. The van der Waals surface area contributed by atoms with Gasteiger partial charge in [-0.2, -0.15) is 10.4 Å². The van der Waals surface area contributed by atoms with Gasteiger partial charge in [-0.3, -0.25) is 9.67 Å². The third-order valence-electron chi connectivity index (χ3n) is 5.50. The molecular formula is C22H19N5O. The molecule has 0 radical (unpaired) electrons. The standard InChI is InChI=1S/C22H19N5O/c1-14-11-26(20-7-5-16(10-23)22-18(20)3-2-8-24-22)12-21-17-6-4-15(13-28)9-19(17)25-27(14)21/h2-9,14,28H,11-13H2,1H3/t14-/m1/s1. The summed E-state index contributed by atoms with van der Waals surface area (Å²) in [4.78, 5) is 6.78. The van der Waals surface area contributed by atoms with Crippen LogP contribution in [0.25, 0.3) is 21.8 Å². The van der Waals surface area contributed by atoms with Gasteiger partial charge >= 0.3 is 0 Å². The van der Waals surface area contributed by atoms with Crippen molar-refractivity contribution in [2.24, 2.45) is 0 Å². The van der Waals surface area contributed by atoms with Crippen molar-refractivity contribution in [3.8, 4) is 6.07 Å². The van der Waals surface area contributed by atoms with E-state index in [0.29, 0.717) is 5.56 Å². The van der Waals surface area contributed by atoms with Crippen molar-refractivity contribution in [3.63, 3.8) is 0 Å². The highest BCUT2D eigenvalue weighted by Gasteiger charge is 2.27. The van der Waals surface area contributed by atoms with Crippen LogP contribution in [-0.2, 0) is 13.2 Å². The van der Waals surface area contributed by atoms with E-state index in [0.717, 1.165) is 46.1 Å². The first-order valence-corrected chi connectivity index (χ1v) is 9.33. The zero-order valence-corrected chi connectivity index (χ0v) is 15.5. The summed E-state index contributed by atoms with van der Waals surface area (Å²) in [6.45, 7) is 3.74. The molecule has 0 spiro atoms. The minimum Gasteiger partial charge on any atom is -0.392 e. The third kappa shape index (κ3) is 2.44. The third-order valence-corrected chi connectivity index (χ3v) is 5.50. The van der Waals surface area contributed by atoms with Crippen LogP contribution in [0.15, 0.2) is 48.7 Å². The van der Waals surface area contributed by atoms with E-state index >= 15 is 0 Å². The van der Waals surface area contributed by atoms with Crippen LogP contribution >= 0.6 is 0 Å². The van der Waals surface area contributed by atoms with Crippen LogP contribution < -0.4 is 4.90 Å². The number of nitriles is 1. The number of anilines is 1. The molecule has 6 nitrogen and oxygen atoms in total. The Hall–Kier alpha value is -3.43. The van der Waals surface area contributed by atoms with Crippen LogP contribution in [0.2, 0.25) is 0 Å². The number of aliphatic hydroxyl groups excluding tert-OH is 1. The fraction of sp³-hybridized carbons (Fsp3) is 0.227.